The zero-order chi connectivity index (χ0) is 38.1. The normalized spacial score (nSPS) is 15.6. The number of rotatable bonds is 13. The first kappa shape index (κ1) is 40.4. The van der Waals surface area contributed by atoms with E-state index in [9.17, 15) is 24.3 Å². The first-order valence-corrected chi connectivity index (χ1v) is 19.0. The van der Waals surface area contributed by atoms with Crippen molar-refractivity contribution >= 4 is 85.8 Å². The maximum Gasteiger partial charge on any atom is 2.00 e. The number of hydrogen-bond acceptors (Lipinski definition) is 7. The Labute approximate surface area is 329 Å². The van der Waals surface area contributed by atoms with Crippen LogP contribution in [0.2, 0.25) is 0 Å². The summed E-state index contributed by atoms with van der Waals surface area (Å²) < 4.78 is 0. The molecule has 8 bridgehead atoms. The van der Waals surface area contributed by atoms with Crippen molar-refractivity contribution in [2.75, 3.05) is 12.8 Å². The van der Waals surface area contributed by atoms with Crippen LogP contribution in [0.3, 0.4) is 0 Å². The van der Waals surface area contributed by atoms with Crippen LogP contribution in [-0.4, -0.2) is 61.6 Å². The predicted octanol–water partition coefficient (Wildman–Crippen LogP) is 7.51. The van der Waals surface area contributed by atoms with E-state index >= 15 is 0 Å². The second-order valence-corrected chi connectivity index (χ2v) is 14.7. The fourth-order valence-electron chi connectivity index (χ4n) is 7.28. The van der Waals surface area contributed by atoms with Crippen molar-refractivity contribution in [3.05, 3.63) is 88.5 Å². The fraction of sp³-hybridized carbons (Fsp3) is 0.333. The summed E-state index contributed by atoms with van der Waals surface area (Å²) in [4.78, 5) is 71.1. The van der Waals surface area contributed by atoms with Crippen LogP contribution in [-0.2, 0) is 42.7 Å². The number of hydrogen-bond donors (Lipinski definition) is 1. The number of ketones is 1. The second kappa shape index (κ2) is 16.7. The van der Waals surface area contributed by atoms with Crippen LogP contribution in [0.15, 0.2) is 43.5 Å². The molecule has 280 valence electrons. The van der Waals surface area contributed by atoms with Crippen LogP contribution in [0.5, 0.6) is 0 Å². The van der Waals surface area contributed by atoms with Crippen LogP contribution in [0.4, 0.5) is 0 Å². The number of aromatic nitrogens is 4. The van der Waals surface area contributed by atoms with Gasteiger partial charge in [-0.2, -0.15) is 11.8 Å². The third-order valence-corrected chi connectivity index (χ3v) is 11.4. The molecule has 1 atom stereocenters. The molecule has 6 rings (SSSR count). The Morgan fingerprint density at radius 1 is 0.852 bits per heavy atom. The molecule has 3 aliphatic heterocycles. The van der Waals surface area contributed by atoms with Gasteiger partial charge in [0, 0.05) is 37.8 Å². The van der Waals surface area contributed by atoms with Gasteiger partial charge >= 0.3 is 23.0 Å². The summed E-state index contributed by atoms with van der Waals surface area (Å²) in [5.41, 5.74) is 12.8. The molecule has 1 fully saturated rings. The van der Waals surface area contributed by atoms with Crippen LogP contribution >= 0.6 is 11.8 Å². The SMILES string of the molecule is C=CC1=C(C)c2cc3[n-]c(cc4nc(cc5[n-]c(cc1n2)c(C)c5C=C)C(C)=C4CCC(=O)O)c(CCC(=O)CCCN1C(=O)CC(SC)C1=O)c3C.[Fe+2]. The number of thioether (sulfide) groups is 1. The van der Waals surface area contributed by atoms with Gasteiger partial charge in [0.05, 0.1) is 28.0 Å². The van der Waals surface area contributed by atoms with Crippen LogP contribution < -0.4 is 9.97 Å². The van der Waals surface area contributed by atoms with E-state index in [0.717, 1.165) is 61.5 Å². The number of amides is 2. The minimum absolute atomic E-state index is 0. The van der Waals surface area contributed by atoms with Gasteiger partial charge in [0.1, 0.15) is 5.78 Å². The maximum absolute atomic E-state index is 13.2. The number of carboxylic acids is 1. The summed E-state index contributed by atoms with van der Waals surface area (Å²) in [6, 6.07) is 7.73. The number of Topliss-reactive ketones (excluding diaryl/α,β-unsaturated/α-hetero) is 1. The zero-order valence-corrected chi connectivity index (χ0v) is 33.1. The summed E-state index contributed by atoms with van der Waals surface area (Å²) in [6.07, 6.45) is 7.17. The minimum atomic E-state index is -0.903. The van der Waals surface area contributed by atoms with Crippen LogP contribution in [0.25, 0.3) is 50.4 Å². The van der Waals surface area contributed by atoms with Crippen LogP contribution in [0, 0.1) is 13.8 Å². The maximum atomic E-state index is 13.2. The molecule has 10 nitrogen and oxygen atoms in total. The average Bonchev–Trinajstić information content (AvgIpc) is 3.85. The van der Waals surface area contributed by atoms with Gasteiger partial charge in [0.25, 0.3) is 0 Å². The minimum Gasteiger partial charge on any atom is -0.657 e. The number of aliphatic carboxylic acids is 1. The van der Waals surface area contributed by atoms with E-state index in [-0.39, 0.29) is 78.6 Å². The Kier molecular flexibility index (Phi) is 12.5. The summed E-state index contributed by atoms with van der Waals surface area (Å²) in [7, 11) is 0. The number of carbonyl (C=O) groups is 4. The zero-order valence-electron chi connectivity index (χ0n) is 31.2. The van der Waals surface area contributed by atoms with Gasteiger partial charge in [-0.1, -0.05) is 66.3 Å². The molecule has 54 heavy (non-hydrogen) atoms. The van der Waals surface area contributed by atoms with Gasteiger partial charge in [-0.15, -0.1) is 22.1 Å². The van der Waals surface area contributed by atoms with E-state index in [4.69, 9.17) is 19.9 Å². The molecule has 0 saturated carbocycles. The van der Waals surface area contributed by atoms with Crippen molar-refractivity contribution in [2.24, 2.45) is 0 Å². The summed E-state index contributed by atoms with van der Waals surface area (Å²) in [5.74, 6) is -1.23. The number of imide groups is 1. The molecule has 3 aliphatic rings. The Morgan fingerprint density at radius 3 is 2.15 bits per heavy atom. The first-order chi connectivity index (χ1) is 25.3. The van der Waals surface area contributed by atoms with Crippen molar-refractivity contribution in [1.29, 1.82) is 0 Å². The van der Waals surface area contributed by atoms with Gasteiger partial charge in [-0.25, -0.2) is 9.97 Å². The Morgan fingerprint density at radius 2 is 1.48 bits per heavy atom. The number of carbonyl (C=O) groups excluding carboxylic acids is 3. The van der Waals surface area contributed by atoms with Gasteiger partial charge in [0.2, 0.25) is 11.8 Å². The summed E-state index contributed by atoms with van der Waals surface area (Å²) >= 11 is 1.38. The molecule has 3 aromatic heterocycles. The van der Waals surface area contributed by atoms with Crippen LogP contribution in [0.1, 0.15) is 97.4 Å². The Hall–Kier alpha value is -4.77. The molecule has 12 heteroatoms. The second-order valence-electron chi connectivity index (χ2n) is 13.6. The predicted molar refractivity (Wildman–Crippen MR) is 212 cm³/mol. The van der Waals surface area contributed by atoms with E-state index in [0.29, 0.717) is 40.8 Å². The van der Waals surface area contributed by atoms with Gasteiger partial charge in [0.15, 0.2) is 0 Å². The molecule has 1 unspecified atom stereocenters. The van der Waals surface area contributed by atoms with Gasteiger partial charge in [-0.05, 0) is 75.5 Å². The number of nitrogens with zero attached hydrogens (tertiary/aromatic N) is 5. The summed E-state index contributed by atoms with van der Waals surface area (Å²) in [6.45, 7) is 16.3. The molecule has 6 heterocycles. The van der Waals surface area contributed by atoms with E-state index in [1.807, 2.05) is 58.2 Å². The van der Waals surface area contributed by atoms with E-state index < -0.39 is 5.97 Å². The van der Waals surface area contributed by atoms with Gasteiger partial charge < -0.3 is 15.1 Å². The van der Waals surface area contributed by atoms with Crippen molar-refractivity contribution in [3.8, 4) is 0 Å². The topological polar surface area (TPSA) is 146 Å². The molecule has 0 aliphatic carbocycles. The number of allylic oxidation sites excluding steroid dienone is 5. The standard InChI is InChI=1S/C42H44N5O5S.Fe/c1-8-27-22(3)31-17-32-24(5)29(13-12-26(48)11-10-16-47-40(49)21-39(53-7)42(47)52)37(45-32)20-38-30(14-15-41(50)51)25(6)34(46-38)19-36-28(9-2)23(4)33(44-36)18-35(27)43-31;/h8-9,17-20,39H,1-2,10-16,21H2,3-7H3,(H2-,43,44,45,46,50,51);/q-1;+2/p-1. The number of likely N-dealkylation sites (tertiary alicyclic amines) is 1. The molecular formula is C42H43FeN5O5S. The van der Waals surface area contributed by atoms with E-state index in [1.165, 1.54) is 16.7 Å². The first-order valence-electron chi connectivity index (χ1n) is 17.8. The van der Waals surface area contributed by atoms with Crippen molar-refractivity contribution in [2.45, 2.75) is 77.9 Å². The Bertz CT molecular complexity index is 2330. The van der Waals surface area contributed by atoms with Crippen molar-refractivity contribution < 1.29 is 41.4 Å². The number of aryl methyl sites for hydroxylation is 3. The fourth-order valence-corrected chi connectivity index (χ4v) is 7.91. The van der Waals surface area contributed by atoms with E-state index in [1.54, 1.807) is 12.2 Å². The third-order valence-electron chi connectivity index (χ3n) is 10.5. The molecule has 3 aromatic rings. The molecule has 0 aromatic carbocycles. The molecule has 2 amide bonds. The summed E-state index contributed by atoms with van der Waals surface area (Å²) in [5, 5.41) is 9.26. The van der Waals surface area contributed by atoms with Crippen molar-refractivity contribution in [1.82, 2.24) is 24.8 Å². The molecule has 0 spiro atoms. The average molecular weight is 786 g/mol. The molecule has 1 N–H and O–H groups in total. The number of fused-ring (bicyclic) bond motifs is 8. The molecular weight excluding hydrogens is 742 g/mol. The number of carboxylic acid groups (broad SMARTS) is 1. The van der Waals surface area contributed by atoms with Gasteiger partial charge in [-0.3, -0.25) is 24.1 Å². The smallest absolute Gasteiger partial charge is 0.657 e. The molecule has 1 saturated heterocycles. The largest absolute Gasteiger partial charge is 2.00 e. The van der Waals surface area contributed by atoms with Crippen molar-refractivity contribution in [3.63, 3.8) is 0 Å². The third kappa shape index (κ3) is 7.87. The van der Waals surface area contributed by atoms with E-state index in [2.05, 4.69) is 13.2 Å². The quantitative estimate of drug-likeness (QED) is 0.137. The molecule has 0 radical (unpaired) electrons. The Balaban J connectivity index is 0.00000561. The monoisotopic (exact) mass is 785 g/mol.